The van der Waals surface area contributed by atoms with Gasteiger partial charge >= 0.3 is 0 Å². The van der Waals surface area contributed by atoms with Crippen molar-refractivity contribution in [3.8, 4) is 0 Å². The SMILES string of the molecule is Cc1nc2c(C3CC3)cc(C(C)(C)C)cc2s1. The van der Waals surface area contributed by atoms with Gasteiger partial charge in [-0.3, -0.25) is 0 Å². The maximum Gasteiger partial charge on any atom is 0.0907 e. The Bertz CT molecular complexity index is 570. The fourth-order valence-electron chi connectivity index (χ4n) is 2.30. The Morgan fingerprint density at radius 2 is 1.94 bits per heavy atom. The Morgan fingerprint density at radius 3 is 2.53 bits per heavy atom. The number of rotatable bonds is 1. The molecule has 2 heteroatoms. The molecule has 1 aliphatic rings. The molecule has 90 valence electrons. The predicted octanol–water partition coefficient (Wildman–Crippen LogP) is 4.78. The second-order valence-corrected chi connectivity index (χ2v) is 7.40. The van der Waals surface area contributed by atoms with E-state index in [0.717, 1.165) is 5.92 Å². The van der Waals surface area contributed by atoms with Crippen molar-refractivity contribution in [1.29, 1.82) is 0 Å². The Hall–Kier alpha value is -0.890. The summed E-state index contributed by atoms with van der Waals surface area (Å²) in [6, 6.07) is 4.74. The average molecular weight is 245 g/mol. The first-order valence-electron chi connectivity index (χ1n) is 6.37. The summed E-state index contributed by atoms with van der Waals surface area (Å²) in [6.45, 7) is 8.98. The first-order valence-corrected chi connectivity index (χ1v) is 7.18. The second kappa shape index (κ2) is 3.55. The Morgan fingerprint density at radius 1 is 1.24 bits per heavy atom. The zero-order chi connectivity index (χ0) is 12.2. The smallest absolute Gasteiger partial charge is 0.0907 e. The molecule has 0 atom stereocenters. The minimum Gasteiger partial charge on any atom is -0.241 e. The number of thiazole rings is 1. The molecule has 2 aromatic rings. The summed E-state index contributed by atoms with van der Waals surface area (Å²) in [7, 11) is 0. The molecular weight excluding hydrogens is 226 g/mol. The quantitative estimate of drug-likeness (QED) is 0.704. The van der Waals surface area contributed by atoms with Crippen molar-refractivity contribution in [2.24, 2.45) is 0 Å². The lowest BCUT2D eigenvalue weighted by molar-refractivity contribution is 0.590. The van der Waals surface area contributed by atoms with E-state index in [4.69, 9.17) is 4.98 Å². The van der Waals surface area contributed by atoms with Gasteiger partial charge in [0.25, 0.3) is 0 Å². The number of hydrogen-bond acceptors (Lipinski definition) is 2. The van der Waals surface area contributed by atoms with E-state index in [1.54, 1.807) is 0 Å². The van der Waals surface area contributed by atoms with Crippen LogP contribution >= 0.6 is 11.3 Å². The van der Waals surface area contributed by atoms with E-state index in [2.05, 4.69) is 39.8 Å². The van der Waals surface area contributed by atoms with Gasteiger partial charge in [0.1, 0.15) is 0 Å². The molecule has 1 aromatic heterocycles. The zero-order valence-electron chi connectivity index (χ0n) is 11.0. The molecule has 1 saturated carbocycles. The fraction of sp³-hybridized carbons (Fsp3) is 0.533. The van der Waals surface area contributed by atoms with Crippen molar-refractivity contribution < 1.29 is 0 Å². The fourth-order valence-corrected chi connectivity index (χ4v) is 3.21. The molecule has 17 heavy (non-hydrogen) atoms. The molecule has 1 heterocycles. The van der Waals surface area contributed by atoms with E-state index in [9.17, 15) is 0 Å². The number of hydrogen-bond donors (Lipinski definition) is 0. The van der Waals surface area contributed by atoms with Crippen molar-refractivity contribution >= 4 is 21.6 Å². The molecule has 1 nitrogen and oxygen atoms in total. The van der Waals surface area contributed by atoms with E-state index in [1.807, 2.05) is 11.3 Å². The molecule has 0 aliphatic heterocycles. The van der Waals surface area contributed by atoms with E-state index in [1.165, 1.54) is 39.2 Å². The van der Waals surface area contributed by atoms with Crippen LogP contribution < -0.4 is 0 Å². The van der Waals surface area contributed by atoms with Gasteiger partial charge in [-0.25, -0.2) is 4.98 Å². The Balaban J connectivity index is 2.26. The van der Waals surface area contributed by atoms with E-state index in [0.29, 0.717) is 0 Å². The molecule has 0 amide bonds. The van der Waals surface area contributed by atoms with Gasteiger partial charge in [-0.15, -0.1) is 11.3 Å². The van der Waals surface area contributed by atoms with Crippen LogP contribution in [0.4, 0.5) is 0 Å². The Kier molecular flexibility index (Phi) is 2.34. The minimum absolute atomic E-state index is 0.232. The number of aromatic nitrogens is 1. The lowest BCUT2D eigenvalue weighted by atomic mass is 9.85. The van der Waals surface area contributed by atoms with E-state index >= 15 is 0 Å². The maximum absolute atomic E-state index is 4.72. The van der Waals surface area contributed by atoms with Gasteiger partial charge in [0, 0.05) is 0 Å². The van der Waals surface area contributed by atoms with Gasteiger partial charge in [-0.05, 0) is 48.3 Å². The topological polar surface area (TPSA) is 12.9 Å². The molecule has 1 fully saturated rings. The summed E-state index contributed by atoms with van der Waals surface area (Å²) >= 11 is 1.83. The van der Waals surface area contributed by atoms with Crippen molar-refractivity contribution in [3.63, 3.8) is 0 Å². The monoisotopic (exact) mass is 245 g/mol. The van der Waals surface area contributed by atoms with Crippen LogP contribution in [0.3, 0.4) is 0 Å². The number of aryl methyl sites for hydroxylation is 1. The molecule has 1 aromatic carbocycles. The largest absolute Gasteiger partial charge is 0.241 e. The molecule has 1 aliphatic carbocycles. The predicted molar refractivity (Wildman–Crippen MR) is 75.0 cm³/mol. The molecule has 0 N–H and O–H groups in total. The summed E-state index contributed by atoms with van der Waals surface area (Å²) in [5.74, 6) is 0.779. The Labute approximate surface area is 107 Å². The first-order chi connectivity index (χ1) is 7.95. The third-order valence-electron chi connectivity index (χ3n) is 3.51. The third kappa shape index (κ3) is 1.99. The maximum atomic E-state index is 4.72. The molecule has 0 saturated heterocycles. The second-order valence-electron chi connectivity index (χ2n) is 6.17. The van der Waals surface area contributed by atoms with Crippen LogP contribution in [-0.2, 0) is 5.41 Å². The van der Waals surface area contributed by atoms with Crippen LogP contribution in [0.5, 0.6) is 0 Å². The van der Waals surface area contributed by atoms with Crippen molar-refractivity contribution in [2.75, 3.05) is 0 Å². The van der Waals surface area contributed by atoms with Gasteiger partial charge in [0.15, 0.2) is 0 Å². The van der Waals surface area contributed by atoms with Gasteiger partial charge in [0.05, 0.1) is 15.2 Å². The lowest BCUT2D eigenvalue weighted by Gasteiger charge is -2.20. The molecule has 0 unspecified atom stereocenters. The minimum atomic E-state index is 0.232. The van der Waals surface area contributed by atoms with Gasteiger partial charge in [-0.2, -0.15) is 0 Å². The van der Waals surface area contributed by atoms with E-state index < -0.39 is 0 Å². The van der Waals surface area contributed by atoms with Crippen molar-refractivity contribution in [1.82, 2.24) is 4.98 Å². The summed E-state index contributed by atoms with van der Waals surface area (Å²) in [6.07, 6.45) is 2.69. The van der Waals surface area contributed by atoms with Crippen LogP contribution in [0.15, 0.2) is 12.1 Å². The van der Waals surface area contributed by atoms with Crippen molar-refractivity contribution in [3.05, 3.63) is 28.3 Å². The highest BCUT2D eigenvalue weighted by Gasteiger charge is 2.28. The zero-order valence-corrected chi connectivity index (χ0v) is 11.8. The standard InChI is InChI=1S/C15H19NS/c1-9-16-14-12(10-5-6-10)7-11(15(2,3)4)8-13(14)17-9/h7-8,10H,5-6H2,1-4H3. The summed E-state index contributed by atoms with van der Waals surface area (Å²) in [5, 5.41) is 1.19. The molecule has 0 spiro atoms. The van der Waals surface area contributed by atoms with Crippen molar-refractivity contribution in [2.45, 2.75) is 51.9 Å². The number of fused-ring (bicyclic) bond motifs is 1. The first kappa shape index (κ1) is 11.2. The number of benzene rings is 1. The van der Waals surface area contributed by atoms with Crippen LogP contribution in [0, 0.1) is 6.92 Å². The van der Waals surface area contributed by atoms with E-state index in [-0.39, 0.29) is 5.41 Å². The van der Waals surface area contributed by atoms with Gasteiger partial charge < -0.3 is 0 Å². The van der Waals surface area contributed by atoms with Crippen LogP contribution in [0.2, 0.25) is 0 Å². The number of nitrogens with zero attached hydrogens (tertiary/aromatic N) is 1. The molecule has 3 rings (SSSR count). The van der Waals surface area contributed by atoms with Crippen LogP contribution in [0.1, 0.15) is 55.7 Å². The highest BCUT2D eigenvalue weighted by atomic mass is 32.1. The van der Waals surface area contributed by atoms with Crippen LogP contribution in [0.25, 0.3) is 10.2 Å². The molecule has 0 bridgehead atoms. The van der Waals surface area contributed by atoms with Crippen LogP contribution in [-0.4, -0.2) is 4.98 Å². The highest BCUT2D eigenvalue weighted by Crippen LogP contribution is 2.45. The summed E-state index contributed by atoms with van der Waals surface area (Å²) in [4.78, 5) is 4.72. The third-order valence-corrected chi connectivity index (χ3v) is 4.43. The lowest BCUT2D eigenvalue weighted by Crippen LogP contribution is -2.11. The normalized spacial score (nSPS) is 16.7. The molecular formula is C15H19NS. The average Bonchev–Trinajstić information content (AvgIpc) is 2.97. The summed E-state index contributed by atoms with van der Waals surface area (Å²) in [5.41, 5.74) is 4.45. The van der Waals surface area contributed by atoms with Gasteiger partial charge in [-0.1, -0.05) is 26.8 Å². The van der Waals surface area contributed by atoms with Gasteiger partial charge in [0.2, 0.25) is 0 Å². The highest BCUT2D eigenvalue weighted by molar-refractivity contribution is 7.18. The summed E-state index contributed by atoms with van der Waals surface area (Å²) < 4.78 is 1.37. The molecule has 0 radical (unpaired) electrons.